The van der Waals surface area contributed by atoms with Gasteiger partial charge in [-0.3, -0.25) is 4.79 Å². The molecule has 3 aromatic rings. The first-order valence-electron chi connectivity index (χ1n) is 7.80. The highest BCUT2D eigenvalue weighted by molar-refractivity contribution is 6.30. The summed E-state index contributed by atoms with van der Waals surface area (Å²) < 4.78 is 47.5. The number of fused-ring (bicyclic) bond motifs is 1. The first-order chi connectivity index (χ1) is 12.6. The summed E-state index contributed by atoms with van der Waals surface area (Å²) in [5, 5.41) is 3.69. The summed E-state index contributed by atoms with van der Waals surface area (Å²) in [4.78, 5) is 26.9. The van der Waals surface area contributed by atoms with Crippen LogP contribution >= 0.6 is 11.6 Å². The van der Waals surface area contributed by atoms with Gasteiger partial charge in [0.2, 0.25) is 0 Å². The first kappa shape index (κ1) is 19.0. The van der Waals surface area contributed by atoms with Gasteiger partial charge in [-0.1, -0.05) is 17.7 Å². The van der Waals surface area contributed by atoms with Gasteiger partial charge in [-0.05, 0) is 19.1 Å². The molecular formula is C17H13ClF3N3O3. The normalized spacial score (nSPS) is 11.8. The van der Waals surface area contributed by atoms with Gasteiger partial charge in [0.05, 0.1) is 29.1 Å². The maximum atomic E-state index is 14.1. The Morgan fingerprint density at radius 1 is 1.41 bits per heavy atom. The number of carbonyl (C=O) groups excluding carboxylic acids is 1. The molecule has 2 heterocycles. The second-order valence-electron chi connectivity index (χ2n) is 5.75. The van der Waals surface area contributed by atoms with Crippen LogP contribution in [-0.2, 0) is 10.7 Å². The average molecular weight is 400 g/mol. The van der Waals surface area contributed by atoms with E-state index in [0.717, 1.165) is 10.6 Å². The predicted octanol–water partition coefficient (Wildman–Crippen LogP) is 3.77. The fourth-order valence-electron chi connectivity index (χ4n) is 2.65. The van der Waals surface area contributed by atoms with E-state index in [1.54, 1.807) is 0 Å². The Morgan fingerprint density at radius 2 is 2.11 bits per heavy atom. The Kier molecular flexibility index (Phi) is 4.73. The Hall–Kier alpha value is -2.81. The van der Waals surface area contributed by atoms with Gasteiger partial charge >= 0.3 is 5.97 Å². The summed E-state index contributed by atoms with van der Waals surface area (Å²) in [5.41, 5.74) is -2.56. The van der Waals surface area contributed by atoms with E-state index in [2.05, 4.69) is 10.1 Å². The van der Waals surface area contributed by atoms with Gasteiger partial charge in [-0.2, -0.15) is 5.10 Å². The molecule has 0 bridgehead atoms. The van der Waals surface area contributed by atoms with E-state index in [1.165, 1.54) is 25.3 Å². The van der Waals surface area contributed by atoms with Crippen molar-refractivity contribution in [1.82, 2.24) is 14.6 Å². The van der Waals surface area contributed by atoms with Crippen LogP contribution in [0.25, 0.3) is 16.8 Å². The van der Waals surface area contributed by atoms with Gasteiger partial charge < -0.3 is 9.72 Å². The molecule has 0 atom stereocenters. The number of hydrogen-bond donors (Lipinski definition) is 1. The van der Waals surface area contributed by atoms with Crippen LogP contribution in [0.15, 0.2) is 29.2 Å². The van der Waals surface area contributed by atoms with Crippen molar-refractivity contribution >= 4 is 23.1 Å². The fourth-order valence-corrected chi connectivity index (χ4v) is 2.77. The van der Waals surface area contributed by atoms with E-state index >= 15 is 0 Å². The van der Waals surface area contributed by atoms with Crippen LogP contribution in [0.1, 0.15) is 29.9 Å². The van der Waals surface area contributed by atoms with E-state index in [-0.39, 0.29) is 22.9 Å². The van der Waals surface area contributed by atoms with Gasteiger partial charge in [0.15, 0.2) is 5.69 Å². The van der Waals surface area contributed by atoms with E-state index in [4.69, 9.17) is 16.3 Å². The number of nitrogens with zero attached hydrogens (tertiary/aromatic N) is 2. The highest BCUT2D eigenvalue weighted by atomic mass is 35.5. The zero-order valence-electron chi connectivity index (χ0n) is 14.1. The summed E-state index contributed by atoms with van der Waals surface area (Å²) in [5.74, 6) is -5.31. The molecule has 0 radical (unpaired) electrons. The molecular weight excluding hydrogens is 387 g/mol. The van der Waals surface area contributed by atoms with Gasteiger partial charge in [0.25, 0.3) is 11.5 Å². The molecule has 142 valence electrons. The number of benzene rings is 1. The minimum absolute atomic E-state index is 0.0485. The standard InChI is InChI=1S/C17H13ClF3N3O3/c1-3-27-16(26)13-12(17(2,20)21)14-15(25)22-11(7-24(14)23-13)8-4-5-9(18)10(19)6-8/h4-7H,3H2,1-2H3,(H,22,25). The second kappa shape index (κ2) is 6.73. The van der Waals surface area contributed by atoms with Crippen LogP contribution in [0.5, 0.6) is 0 Å². The average Bonchev–Trinajstić information content (AvgIpc) is 2.98. The van der Waals surface area contributed by atoms with Gasteiger partial charge in [-0.25, -0.2) is 22.5 Å². The summed E-state index contributed by atoms with van der Waals surface area (Å²) in [6.07, 6.45) is 1.21. The lowest BCUT2D eigenvalue weighted by atomic mass is 10.1. The monoisotopic (exact) mass is 399 g/mol. The topological polar surface area (TPSA) is 76.5 Å². The number of carbonyl (C=O) groups is 1. The molecule has 0 aliphatic rings. The lowest BCUT2D eigenvalue weighted by molar-refractivity contribution is 0.0156. The molecule has 0 saturated heterocycles. The lowest BCUT2D eigenvalue weighted by Crippen LogP contribution is -2.18. The highest BCUT2D eigenvalue weighted by Crippen LogP contribution is 2.33. The summed E-state index contributed by atoms with van der Waals surface area (Å²) in [6, 6.07) is 3.80. The number of H-pyrrole nitrogens is 1. The molecule has 0 unspecified atom stereocenters. The number of esters is 1. The predicted molar refractivity (Wildman–Crippen MR) is 91.7 cm³/mol. The number of nitrogens with one attached hydrogen (secondary N) is 1. The molecule has 0 spiro atoms. The third-order valence-electron chi connectivity index (χ3n) is 3.76. The quantitative estimate of drug-likeness (QED) is 0.677. The van der Waals surface area contributed by atoms with Crippen LogP contribution in [0, 0.1) is 5.82 Å². The van der Waals surface area contributed by atoms with E-state index in [0.29, 0.717) is 6.92 Å². The van der Waals surface area contributed by atoms with Crippen LogP contribution in [-0.4, -0.2) is 27.2 Å². The van der Waals surface area contributed by atoms with Crippen molar-refractivity contribution in [3.8, 4) is 11.3 Å². The third-order valence-corrected chi connectivity index (χ3v) is 4.07. The second-order valence-corrected chi connectivity index (χ2v) is 6.16. The SMILES string of the molecule is CCOC(=O)c1nn2cc(-c3ccc(Cl)c(F)c3)[nH]c(=O)c2c1C(C)(F)F. The lowest BCUT2D eigenvalue weighted by Gasteiger charge is -2.10. The number of halogens is 4. The third kappa shape index (κ3) is 3.42. The number of alkyl halides is 2. The van der Waals surface area contributed by atoms with Crippen LogP contribution in [0.4, 0.5) is 13.2 Å². The van der Waals surface area contributed by atoms with Crippen molar-refractivity contribution in [2.75, 3.05) is 6.61 Å². The zero-order valence-corrected chi connectivity index (χ0v) is 14.9. The number of aromatic nitrogens is 3. The van der Waals surface area contributed by atoms with Gasteiger partial charge in [0, 0.05) is 12.5 Å². The number of aromatic amines is 1. The van der Waals surface area contributed by atoms with Crippen molar-refractivity contribution in [3.05, 3.63) is 56.8 Å². The van der Waals surface area contributed by atoms with Crippen molar-refractivity contribution in [2.24, 2.45) is 0 Å². The Bertz CT molecular complexity index is 1100. The fraction of sp³-hybridized carbons (Fsp3) is 0.235. The van der Waals surface area contributed by atoms with Crippen molar-refractivity contribution in [3.63, 3.8) is 0 Å². The molecule has 10 heteroatoms. The Labute approximate surface area is 155 Å². The molecule has 3 rings (SSSR count). The van der Waals surface area contributed by atoms with E-state index in [9.17, 15) is 22.8 Å². The Balaban J connectivity index is 2.28. The molecule has 0 aliphatic carbocycles. The zero-order chi connectivity index (χ0) is 19.9. The molecule has 2 aromatic heterocycles. The highest BCUT2D eigenvalue weighted by Gasteiger charge is 2.37. The molecule has 0 saturated carbocycles. The van der Waals surface area contributed by atoms with Gasteiger partial charge in [0.1, 0.15) is 11.3 Å². The summed E-state index contributed by atoms with van der Waals surface area (Å²) >= 11 is 5.63. The number of rotatable bonds is 4. The van der Waals surface area contributed by atoms with E-state index < -0.39 is 40.0 Å². The smallest absolute Gasteiger partial charge is 0.359 e. The summed E-state index contributed by atoms with van der Waals surface area (Å²) in [6.45, 7) is 2.01. The molecule has 0 fully saturated rings. The first-order valence-corrected chi connectivity index (χ1v) is 8.17. The van der Waals surface area contributed by atoms with Crippen LogP contribution in [0.2, 0.25) is 5.02 Å². The van der Waals surface area contributed by atoms with Crippen LogP contribution in [0.3, 0.4) is 0 Å². The van der Waals surface area contributed by atoms with Crippen LogP contribution < -0.4 is 5.56 Å². The van der Waals surface area contributed by atoms with Crippen molar-refractivity contribution in [2.45, 2.75) is 19.8 Å². The molecule has 1 aromatic carbocycles. The minimum Gasteiger partial charge on any atom is -0.461 e. The molecule has 27 heavy (non-hydrogen) atoms. The molecule has 0 aliphatic heterocycles. The maximum Gasteiger partial charge on any atom is 0.359 e. The molecule has 1 N–H and O–H groups in total. The number of ether oxygens (including phenoxy) is 1. The summed E-state index contributed by atoms with van der Waals surface area (Å²) in [7, 11) is 0. The van der Waals surface area contributed by atoms with Crippen molar-refractivity contribution < 1.29 is 22.7 Å². The largest absolute Gasteiger partial charge is 0.461 e. The van der Waals surface area contributed by atoms with E-state index in [1.807, 2.05) is 0 Å². The molecule has 0 amide bonds. The Morgan fingerprint density at radius 3 is 2.70 bits per heavy atom. The number of hydrogen-bond acceptors (Lipinski definition) is 4. The van der Waals surface area contributed by atoms with Crippen molar-refractivity contribution in [1.29, 1.82) is 0 Å². The minimum atomic E-state index is -3.52. The maximum absolute atomic E-state index is 14.1. The molecule has 6 nitrogen and oxygen atoms in total. The van der Waals surface area contributed by atoms with Gasteiger partial charge in [-0.15, -0.1) is 0 Å².